The second-order valence-corrected chi connectivity index (χ2v) is 7.23. The number of nitrogens with one attached hydrogen (secondary N) is 1. The maximum atomic E-state index is 12.8. The molecule has 0 unspecified atom stereocenters. The molecular weight excluding hydrogens is 367 g/mol. The molecule has 140 valence electrons. The fourth-order valence-electron chi connectivity index (χ4n) is 2.81. The normalized spacial score (nSPS) is 13.0. The molecule has 3 amide bonds. The van der Waals surface area contributed by atoms with Crippen LogP contribution in [0.5, 0.6) is 0 Å². The Morgan fingerprint density at radius 1 is 0.963 bits per heavy atom. The number of fused-ring (bicyclic) bond motifs is 1. The average Bonchev–Trinajstić information content (AvgIpc) is 2.91. The Hall–Kier alpha value is -2.67. The monoisotopic (exact) mass is 386 g/mol. The van der Waals surface area contributed by atoms with Crippen LogP contribution in [0.3, 0.4) is 0 Å². The molecule has 5 nitrogen and oxygen atoms in total. The number of benzene rings is 2. The summed E-state index contributed by atoms with van der Waals surface area (Å²) in [5.41, 5.74) is 1.50. The van der Waals surface area contributed by atoms with Gasteiger partial charge in [0.2, 0.25) is 5.91 Å². The molecule has 7 heteroatoms. The molecule has 0 radical (unpaired) electrons. The van der Waals surface area contributed by atoms with Gasteiger partial charge in [0.15, 0.2) is 0 Å². The summed E-state index contributed by atoms with van der Waals surface area (Å²) in [6.45, 7) is 0.384. The molecule has 0 aliphatic carbocycles. The molecule has 0 saturated carbocycles. The third kappa shape index (κ3) is 4.74. The predicted molar refractivity (Wildman–Crippen MR) is 103 cm³/mol. The first-order valence-electron chi connectivity index (χ1n) is 8.64. The molecule has 0 saturated heterocycles. The fraction of sp³-hybridized carbons (Fsp3) is 0.250. The first-order valence-corrected chi connectivity index (χ1v) is 9.80. The largest absolute Gasteiger partial charge is 0.325 e. The molecule has 0 spiro atoms. The maximum Gasteiger partial charge on any atom is 0.261 e. The number of thioether (sulfide) groups is 1. The summed E-state index contributed by atoms with van der Waals surface area (Å²) in [4.78, 5) is 37.6. The van der Waals surface area contributed by atoms with Gasteiger partial charge < -0.3 is 5.32 Å². The zero-order chi connectivity index (χ0) is 19.2. The molecule has 2 aromatic carbocycles. The van der Waals surface area contributed by atoms with Crippen molar-refractivity contribution in [3.8, 4) is 0 Å². The van der Waals surface area contributed by atoms with Gasteiger partial charge >= 0.3 is 0 Å². The second kappa shape index (κ2) is 8.81. The minimum absolute atomic E-state index is 0.146. The Bertz CT molecular complexity index is 820. The Morgan fingerprint density at radius 2 is 1.59 bits per heavy atom. The van der Waals surface area contributed by atoms with Crippen molar-refractivity contribution in [3.05, 3.63) is 65.5 Å². The van der Waals surface area contributed by atoms with Crippen molar-refractivity contribution < 1.29 is 18.8 Å². The number of nitrogens with zero attached hydrogens (tertiary/aromatic N) is 1. The zero-order valence-electron chi connectivity index (χ0n) is 14.6. The first kappa shape index (κ1) is 19.1. The summed E-state index contributed by atoms with van der Waals surface area (Å²) in [5.74, 6) is 0.0842. The Labute approximate surface area is 160 Å². The summed E-state index contributed by atoms with van der Waals surface area (Å²) in [7, 11) is 0. The topological polar surface area (TPSA) is 66.5 Å². The summed E-state index contributed by atoms with van der Waals surface area (Å²) in [6, 6.07) is 12.5. The van der Waals surface area contributed by atoms with Crippen LogP contribution < -0.4 is 5.32 Å². The van der Waals surface area contributed by atoms with Crippen LogP contribution in [-0.2, 0) is 4.79 Å². The van der Waals surface area contributed by atoms with Crippen molar-refractivity contribution in [1.29, 1.82) is 0 Å². The van der Waals surface area contributed by atoms with E-state index in [4.69, 9.17) is 0 Å². The van der Waals surface area contributed by atoms with Gasteiger partial charge in [0.25, 0.3) is 11.8 Å². The van der Waals surface area contributed by atoms with Crippen LogP contribution in [0.25, 0.3) is 0 Å². The Morgan fingerprint density at radius 3 is 2.22 bits per heavy atom. The van der Waals surface area contributed by atoms with Crippen LogP contribution in [0.4, 0.5) is 10.1 Å². The van der Waals surface area contributed by atoms with Gasteiger partial charge in [-0.15, -0.1) is 0 Å². The number of anilines is 1. The van der Waals surface area contributed by atoms with E-state index >= 15 is 0 Å². The summed E-state index contributed by atoms with van der Waals surface area (Å²) >= 11 is 1.48. The lowest BCUT2D eigenvalue weighted by Crippen LogP contribution is -2.30. The fourth-order valence-corrected chi connectivity index (χ4v) is 3.62. The number of hydrogen-bond acceptors (Lipinski definition) is 4. The number of carbonyl (C=O) groups is 3. The third-order valence-corrected chi connectivity index (χ3v) is 5.20. The van der Waals surface area contributed by atoms with Gasteiger partial charge in [0.05, 0.1) is 16.9 Å². The first-order chi connectivity index (χ1) is 13.1. The van der Waals surface area contributed by atoms with Crippen molar-refractivity contribution in [2.45, 2.75) is 12.8 Å². The molecule has 1 heterocycles. The van der Waals surface area contributed by atoms with Crippen LogP contribution in [0, 0.1) is 5.82 Å². The standard InChI is InChI=1S/C20H19FN2O3S/c21-14-7-9-15(10-8-14)22-18(24)13-27-12-4-3-11-23-19(25)16-5-1-2-6-17(16)20(23)26/h1-2,5-10H,3-4,11-13H2,(H,22,24). The maximum absolute atomic E-state index is 12.8. The SMILES string of the molecule is O=C(CSCCCCN1C(=O)c2ccccc2C1=O)Nc1ccc(F)cc1. The van der Waals surface area contributed by atoms with Crippen LogP contribution >= 0.6 is 11.8 Å². The van der Waals surface area contributed by atoms with E-state index in [0.29, 0.717) is 35.5 Å². The minimum atomic E-state index is -0.347. The smallest absolute Gasteiger partial charge is 0.261 e. The molecule has 1 aliphatic heterocycles. The van der Waals surface area contributed by atoms with Crippen LogP contribution in [-0.4, -0.2) is 40.7 Å². The van der Waals surface area contributed by atoms with Gasteiger partial charge in [-0.3, -0.25) is 19.3 Å². The quantitative estimate of drug-likeness (QED) is 0.556. The lowest BCUT2D eigenvalue weighted by atomic mass is 10.1. The Balaban J connectivity index is 1.33. The van der Waals surface area contributed by atoms with E-state index in [1.165, 1.54) is 40.9 Å². The van der Waals surface area contributed by atoms with E-state index in [1.807, 2.05) is 0 Å². The molecule has 2 aromatic rings. The number of amides is 3. The summed E-state index contributed by atoms with van der Waals surface area (Å²) in [5, 5.41) is 2.70. The minimum Gasteiger partial charge on any atom is -0.325 e. The van der Waals surface area contributed by atoms with Gasteiger partial charge in [0, 0.05) is 12.2 Å². The van der Waals surface area contributed by atoms with E-state index in [2.05, 4.69) is 5.32 Å². The molecule has 0 fully saturated rings. The van der Waals surface area contributed by atoms with E-state index in [9.17, 15) is 18.8 Å². The highest BCUT2D eigenvalue weighted by molar-refractivity contribution is 7.99. The highest BCUT2D eigenvalue weighted by Gasteiger charge is 2.34. The van der Waals surface area contributed by atoms with Gasteiger partial charge in [-0.2, -0.15) is 11.8 Å². The van der Waals surface area contributed by atoms with E-state index in [1.54, 1.807) is 24.3 Å². The third-order valence-electron chi connectivity index (χ3n) is 4.16. The van der Waals surface area contributed by atoms with E-state index in [-0.39, 0.29) is 23.5 Å². The van der Waals surface area contributed by atoms with Crippen LogP contribution in [0.2, 0.25) is 0 Å². The second-order valence-electron chi connectivity index (χ2n) is 6.12. The van der Waals surface area contributed by atoms with Crippen LogP contribution in [0.1, 0.15) is 33.6 Å². The van der Waals surface area contributed by atoms with Gasteiger partial charge in [0.1, 0.15) is 5.82 Å². The molecule has 1 N–H and O–H groups in total. The van der Waals surface area contributed by atoms with Crippen molar-refractivity contribution in [1.82, 2.24) is 4.90 Å². The van der Waals surface area contributed by atoms with Gasteiger partial charge in [-0.1, -0.05) is 12.1 Å². The lowest BCUT2D eigenvalue weighted by Gasteiger charge is -2.13. The van der Waals surface area contributed by atoms with E-state index < -0.39 is 0 Å². The number of hydrogen-bond donors (Lipinski definition) is 1. The molecule has 0 bridgehead atoms. The van der Waals surface area contributed by atoms with Crippen molar-refractivity contribution >= 4 is 35.2 Å². The zero-order valence-corrected chi connectivity index (χ0v) is 15.4. The lowest BCUT2D eigenvalue weighted by molar-refractivity contribution is -0.113. The molecule has 0 aromatic heterocycles. The Kier molecular flexibility index (Phi) is 6.24. The van der Waals surface area contributed by atoms with Gasteiger partial charge in [-0.25, -0.2) is 4.39 Å². The molecular formula is C20H19FN2O3S. The summed E-state index contributed by atoms with van der Waals surface area (Å²) in [6.07, 6.45) is 1.49. The van der Waals surface area contributed by atoms with Crippen molar-refractivity contribution in [3.63, 3.8) is 0 Å². The molecule has 0 atom stereocenters. The number of imide groups is 1. The van der Waals surface area contributed by atoms with Crippen molar-refractivity contribution in [2.75, 3.05) is 23.4 Å². The molecule has 27 heavy (non-hydrogen) atoms. The number of unbranched alkanes of at least 4 members (excludes halogenated alkanes) is 1. The predicted octanol–water partition coefficient (Wildman–Crippen LogP) is 3.57. The van der Waals surface area contributed by atoms with E-state index in [0.717, 1.165) is 12.2 Å². The van der Waals surface area contributed by atoms with Crippen molar-refractivity contribution in [2.24, 2.45) is 0 Å². The number of rotatable bonds is 8. The van der Waals surface area contributed by atoms with Crippen LogP contribution in [0.15, 0.2) is 48.5 Å². The number of carbonyl (C=O) groups excluding carboxylic acids is 3. The highest BCUT2D eigenvalue weighted by atomic mass is 32.2. The summed E-state index contributed by atoms with van der Waals surface area (Å²) < 4.78 is 12.8. The average molecular weight is 386 g/mol. The molecule has 1 aliphatic rings. The number of halogens is 1. The highest BCUT2D eigenvalue weighted by Crippen LogP contribution is 2.22. The van der Waals surface area contributed by atoms with Gasteiger partial charge in [-0.05, 0) is 55.0 Å². The molecule has 3 rings (SSSR count).